The standard InChI is InChI=1S/C46H28N2O2/c1-7-29(23-31(9-1)33-11-3-13-35(25-33)37-17-19-43-41(27-37)39-15-5-21-47-45(39)49-43)30-8-2-10-32(24-30)34-12-4-14-36(26-34)38-18-20-44-42(28-38)40-16-6-22-48-46(40)50-44/h1-28H. The molecule has 0 bridgehead atoms. The Morgan fingerprint density at radius 2 is 0.600 bits per heavy atom. The molecule has 0 aliphatic heterocycles. The molecule has 234 valence electrons. The Kier molecular flexibility index (Phi) is 6.46. The molecule has 4 nitrogen and oxygen atoms in total. The second-order valence-electron chi connectivity index (χ2n) is 12.7. The van der Waals surface area contributed by atoms with Gasteiger partial charge in [0.15, 0.2) is 0 Å². The maximum atomic E-state index is 5.96. The van der Waals surface area contributed by atoms with E-state index in [4.69, 9.17) is 8.83 Å². The number of hydrogen-bond acceptors (Lipinski definition) is 4. The predicted molar refractivity (Wildman–Crippen MR) is 204 cm³/mol. The summed E-state index contributed by atoms with van der Waals surface area (Å²) >= 11 is 0. The highest BCUT2D eigenvalue weighted by molar-refractivity contribution is 6.06. The highest BCUT2D eigenvalue weighted by atomic mass is 16.3. The van der Waals surface area contributed by atoms with Gasteiger partial charge in [0.1, 0.15) is 11.2 Å². The van der Waals surface area contributed by atoms with Crippen LogP contribution >= 0.6 is 0 Å². The molecule has 0 N–H and O–H groups in total. The van der Waals surface area contributed by atoms with Crippen LogP contribution in [0.2, 0.25) is 0 Å². The van der Waals surface area contributed by atoms with Crippen LogP contribution in [0.3, 0.4) is 0 Å². The van der Waals surface area contributed by atoms with Crippen molar-refractivity contribution in [3.05, 3.63) is 170 Å². The highest BCUT2D eigenvalue weighted by Crippen LogP contribution is 2.36. The summed E-state index contributed by atoms with van der Waals surface area (Å²) < 4.78 is 11.9. The monoisotopic (exact) mass is 640 g/mol. The first-order valence-corrected chi connectivity index (χ1v) is 16.7. The largest absolute Gasteiger partial charge is 0.438 e. The smallest absolute Gasteiger partial charge is 0.227 e. The summed E-state index contributed by atoms with van der Waals surface area (Å²) in [5.41, 5.74) is 14.7. The molecule has 4 aromatic heterocycles. The Morgan fingerprint density at radius 3 is 0.940 bits per heavy atom. The van der Waals surface area contributed by atoms with E-state index in [1.165, 1.54) is 33.4 Å². The molecule has 0 unspecified atom stereocenters. The number of furan rings is 2. The number of hydrogen-bond donors (Lipinski definition) is 0. The lowest BCUT2D eigenvalue weighted by molar-refractivity contribution is 0.653. The van der Waals surface area contributed by atoms with Gasteiger partial charge in [0, 0.05) is 33.9 Å². The zero-order chi connectivity index (χ0) is 33.0. The number of aromatic nitrogens is 2. The van der Waals surface area contributed by atoms with Crippen molar-refractivity contribution in [2.75, 3.05) is 0 Å². The predicted octanol–water partition coefficient (Wildman–Crippen LogP) is 12.6. The van der Waals surface area contributed by atoms with E-state index < -0.39 is 0 Å². The van der Waals surface area contributed by atoms with Crippen LogP contribution in [-0.4, -0.2) is 9.97 Å². The molecule has 6 aromatic carbocycles. The van der Waals surface area contributed by atoms with Crippen molar-refractivity contribution in [3.63, 3.8) is 0 Å². The number of benzene rings is 6. The Hall–Kier alpha value is -6.78. The Labute approximate surface area is 287 Å². The molecule has 0 spiro atoms. The molecule has 0 aliphatic carbocycles. The van der Waals surface area contributed by atoms with Gasteiger partial charge in [0.25, 0.3) is 0 Å². The van der Waals surface area contributed by atoms with Gasteiger partial charge in [0.2, 0.25) is 11.4 Å². The lowest BCUT2D eigenvalue weighted by Gasteiger charge is -2.11. The SMILES string of the molecule is c1cc(-c2cccc(-c3cccc(-c4ccc5oc6ncccc6c5c4)c3)c2)cc(-c2cccc(-c3ccc4oc5ncccc5c4c3)c2)c1. The van der Waals surface area contributed by atoms with Crippen molar-refractivity contribution < 1.29 is 8.83 Å². The lowest BCUT2D eigenvalue weighted by atomic mass is 9.94. The van der Waals surface area contributed by atoms with Crippen molar-refractivity contribution in [1.82, 2.24) is 9.97 Å². The molecule has 10 aromatic rings. The maximum absolute atomic E-state index is 5.96. The molecule has 4 heterocycles. The second kappa shape index (κ2) is 11.4. The van der Waals surface area contributed by atoms with E-state index in [1.807, 2.05) is 24.3 Å². The van der Waals surface area contributed by atoms with E-state index >= 15 is 0 Å². The van der Waals surface area contributed by atoms with Gasteiger partial charge in [-0.15, -0.1) is 0 Å². The molecule has 50 heavy (non-hydrogen) atoms. The summed E-state index contributed by atoms with van der Waals surface area (Å²) in [6.07, 6.45) is 3.53. The summed E-state index contributed by atoms with van der Waals surface area (Å²) in [5.74, 6) is 0. The summed E-state index contributed by atoms with van der Waals surface area (Å²) in [7, 11) is 0. The van der Waals surface area contributed by atoms with E-state index in [9.17, 15) is 0 Å². The van der Waals surface area contributed by atoms with Crippen LogP contribution in [0.15, 0.2) is 179 Å². The third-order valence-electron chi connectivity index (χ3n) is 9.61. The highest BCUT2D eigenvalue weighted by Gasteiger charge is 2.12. The zero-order valence-electron chi connectivity index (χ0n) is 26.9. The fraction of sp³-hybridized carbons (Fsp3) is 0. The summed E-state index contributed by atoms with van der Waals surface area (Å²) in [4.78, 5) is 8.78. The average molecular weight is 641 g/mol. The normalized spacial score (nSPS) is 11.6. The second-order valence-corrected chi connectivity index (χ2v) is 12.7. The molecule has 0 atom stereocenters. The van der Waals surface area contributed by atoms with Crippen LogP contribution in [0.1, 0.15) is 0 Å². The zero-order valence-corrected chi connectivity index (χ0v) is 26.9. The third kappa shape index (κ3) is 4.85. The van der Waals surface area contributed by atoms with Crippen molar-refractivity contribution >= 4 is 44.1 Å². The number of pyridine rings is 2. The molecular weight excluding hydrogens is 613 g/mol. The summed E-state index contributed by atoms with van der Waals surface area (Å²) in [6, 6.07) is 55.9. The molecule has 0 aliphatic rings. The lowest BCUT2D eigenvalue weighted by Crippen LogP contribution is -1.85. The van der Waals surface area contributed by atoms with Crippen LogP contribution in [0.4, 0.5) is 0 Å². The quantitative estimate of drug-likeness (QED) is 0.188. The third-order valence-corrected chi connectivity index (χ3v) is 9.61. The molecule has 0 saturated heterocycles. The molecular formula is C46H28N2O2. The fourth-order valence-corrected chi connectivity index (χ4v) is 7.09. The van der Waals surface area contributed by atoms with E-state index in [2.05, 4.69) is 143 Å². The van der Waals surface area contributed by atoms with Crippen LogP contribution < -0.4 is 0 Å². The Bertz CT molecular complexity index is 2700. The molecule has 0 radical (unpaired) electrons. The topological polar surface area (TPSA) is 52.1 Å². The minimum absolute atomic E-state index is 0.668. The minimum atomic E-state index is 0.668. The van der Waals surface area contributed by atoms with Crippen LogP contribution in [-0.2, 0) is 0 Å². The van der Waals surface area contributed by atoms with Gasteiger partial charge in [-0.25, -0.2) is 9.97 Å². The first kappa shape index (κ1) is 28.3. The van der Waals surface area contributed by atoms with Gasteiger partial charge < -0.3 is 8.83 Å². The minimum Gasteiger partial charge on any atom is -0.438 e. The molecule has 0 amide bonds. The van der Waals surface area contributed by atoms with Crippen molar-refractivity contribution in [2.24, 2.45) is 0 Å². The van der Waals surface area contributed by atoms with E-state index in [1.54, 1.807) is 12.4 Å². The maximum Gasteiger partial charge on any atom is 0.227 e. The number of fused-ring (bicyclic) bond motifs is 6. The van der Waals surface area contributed by atoms with Gasteiger partial charge in [0.05, 0.1) is 0 Å². The van der Waals surface area contributed by atoms with Crippen LogP contribution in [0.5, 0.6) is 0 Å². The van der Waals surface area contributed by atoms with Crippen molar-refractivity contribution in [1.29, 1.82) is 0 Å². The summed E-state index contributed by atoms with van der Waals surface area (Å²) in [5, 5.41) is 4.22. The molecule has 10 rings (SSSR count). The first-order valence-electron chi connectivity index (χ1n) is 16.7. The molecule has 4 heteroatoms. The fourth-order valence-electron chi connectivity index (χ4n) is 7.09. The van der Waals surface area contributed by atoms with Crippen LogP contribution in [0.25, 0.3) is 99.8 Å². The number of nitrogens with zero attached hydrogens (tertiary/aromatic N) is 2. The average Bonchev–Trinajstić information content (AvgIpc) is 3.76. The van der Waals surface area contributed by atoms with Gasteiger partial charge in [-0.1, -0.05) is 84.9 Å². The van der Waals surface area contributed by atoms with Gasteiger partial charge in [-0.3, -0.25) is 0 Å². The van der Waals surface area contributed by atoms with E-state index in [0.29, 0.717) is 11.4 Å². The van der Waals surface area contributed by atoms with Crippen molar-refractivity contribution in [2.45, 2.75) is 0 Å². The van der Waals surface area contributed by atoms with Crippen molar-refractivity contribution in [3.8, 4) is 55.6 Å². The van der Waals surface area contributed by atoms with E-state index in [0.717, 1.165) is 55.0 Å². The van der Waals surface area contributed by atoms with Gasteiger partial charge >= 0.3 is 0 Å². The first-order chi connectivity index (χ1) is 24.7. The van der Waals surface area contributed by atoms with E-state index in [-0.39, 0.29) is 0 Å². The Balaban J connectivity index is 0.968. The van der Waals surface area contributed by atoms with Crippen LogP contribution in [0, 0.1) is 0 Å². The molecule has 0 fully saturated rings. The molecule has 0 saturated carbocycles. The Morgan fingerprint density at radius 1 is 0.280 bits per heavy atom. The van der Waals surface area contributed by atoms with Gasteiger partial charge in [-0.05, 0) is 128 Å². The number of rotatable bonds is 5. The van der Waals surface area contributed by atoms with Gasteiger partial charge in [-0.2, -0.15) is 0 Å². The summed E-state index contributed by atoms with van der Waals surface area (Å²) in [6.45, 7) is 0.